The van der Waals surface area contributed by atoms with E-state index in [1.165, 1.54) is 7.11 Å². The lowest BCUT2D eigenvalue weighted by molar-refractivity contribution is -0.138. The first-order chi connectivity index (χ1) is 8.46. The summed E-state index contributed by atoms with van der Waals surface area (Å²) in [5, 5.41) is 0. The molecule has 2 N–H and O–H groups in total. The third-order valence-corrected chi connectivity index (χ3v) is 3.89. The second-order valence-electron chi connectivity index (χ2n) is 5.31. The van der Waals surface area contributed by atoms with Gasteiger partial charge in [-0.25, -0.2) is 4.79 Å². The van der Waals surface area contributed by atoms with Crippen molar-refractivity contribution in [3.8, 4) is 0 Å². The van der Waals surface area contributed by atoms with E-state index in [9.17, 15) is 9.59 Å². The number of carbonyl (C=O) groups excluding carboxylic acids is 2. The first kappa shape index (κ1) is 13.1. The average Bonchev–Trinajstić information content (AvgIpc) is 3.21. The van der Waals surface area contributed by atoms with E-state index in [1.807, 2.05) is 6.92 Å². The maximum Gasteiger partial charge on any atom is 0.409 e. The van der Waals surface area contributed by atoms with Gasteiger partial charge in [-0.1, -0.05) is 0 Å². The van der Waals surface area contributed by atoms with Crippen LogP contribution in [0.25, 0.3) is 0 Å². The zero-order valence-electron chi connectivity index (χ0n) is 11.0. The Bertz CT molecular complexity index is 344. The molecule has 2 aliphatic rings. The van der Waals surface area contributed by atoms with Gasteiger partial charge in [0.1, 0.15) is 0 Å². The van der Waals surface area contributed by atoms with Crippen molar-refractivity contribution in [2.24, 2.45) is 11.7 Å². The molecule has 6 heteroatoms. The molecule has 1 aliphatic heterocycles. The molecule has 0 aromatic carbocycles. The van der Waals surface area contributed by atoms with Gasteiger partial charge in [0.15, 0.2) is 0 Å². The summed E-state index contributed by atoms with van der Waals surface area (Å²) >= 11 is 0. The normalized spacial score (nSPS) is 23.5. The highest BCUT2D eigenvalue weighted by atomic mass is 16.5. The van der Waals surface area contributed by atoms with Gasteiger partial charge < -0.3 is 20.3 Å². The van der Waals surface area contributed by atoms with E-state index in [0.29, 0.717) is 32.1 Å². The second-order valence-corrected chi connectivity index (χ2v) is 5.31. The molecule has 0 aromatic heterocycles. The zero-order valence-corrected chi connectivity index (χ0v) is 11.0. The molecule has 2 fully saturated rings. The van der Waals surface area contributed by atoms with Crippen molar-refractivity contribution >= 4 is 12.0 Å². The highest BCUT2D eigenvalue weighted by Crippen LogP contribution is 2.39. The lowest BCUT2D eigenvalue weighted by atomic mass is 9.95. The summed E-state index contributed by atoms with van der Waals surface area (Å²) in [6.07, 6.45) is 1.75. The smallest absolute Gasteiger partial charge is 0.409 e. The number of nitrogens with two attached hydrogens (primary N) is 1. The van der Waals surface area contributed by atoms with Crippen LogP contribution in [0.4, 0.5) is 4.79 Å². The number of amides is 2. The summed E-state index contributed by atoms with van der Waals surface area (Å²) in [7, 11) is 1.36. The van der Waals surface area contributed by atoms with Crippen LogP contribution in [0.15, 0.2) is 0 Å². The molecule has 1 unspecified atom stereocenters. The van der Waals surface area contributed by atoms with Gasteiger partial charge in [0.25, 0.3) is 0 Å². The maximum atomic E-state index is 12.3. The summed E-state index contributed by atoms with van der Waals surface area (Å²) in [6, 6.07) is 0. The summed E-state index contributed by atoms with van der Waals surface area (Å²) in [4.78, 5) is 27.0. The van der Waals surface area contributed by atoms with E-state index in [0.717, 1.165) is 12.8 Å². The molecule has 1 saturated carbocycles. The lowest BCUT2D eigenvalue weighted by Gasteiger charge is -2.38. The number of methoxy groups -OCH3 is 1. The van der Waals surface area contributed by atoms with Gasteiger partial charge in [0.05, 0.1) is 12.6 Å². The number of hydrogen-bond donors (Lipinski definition) is 1. The number of ether oxygens (including phenoxy) is 1. The molecule has 1 saturated heterocycles. The Kier molecular flexibility index (Phi) is 3.47. The van der Waals surface area contributed by atoms with Crippen LogP contribution in [0.3, 0.4) is 0 Å². The van der Waals surface area contributed by atoms with Crippen molar-refractivity contribution < 1.29 is 14.3 Å². The highest BCUT2D eigenvalue weighted by molar-refractivity contribution is 5.86. The molecular formula is C12H21N3O3. The third-order valence-electron chi connectivity index (χ3n) is 3.89. The fourth-order valence-electron chi connectivity index (χ4n) is 2.42. The van der Waals surface area contributed by atoms with Gasteiger partial charge in [-0.3, -0.25) is 4.79 Å². The molecule has 2 amide bonds. The molecule has 0 bridgehead atoms. The van der Waals surface area contributed by atoms with Crippen LogP contribution in [0, 0.1) is 5.92 Å². The Labute approximate surface area is 107 Å². The topological polar surface area (TPSA) is 75.9 Å². The van der Waals surface area contributed by atoms with E-state index in [1.54, 1.807) is 9.80 Å². The average molecular weight is 255 g/mol. The Balaban J connectivity index is 1.89. The summed E-state index contributed by atoms with van der Waals surface area (Å²) in [5.74, 6) is 0.332. The minimum absolute atomic E-state index is 0.00881. The standard InChI is InChI=1S/C12H21N3O3/c1-12(13,9-3-4-9)10(16)14-5-7-15(8-6-14)11(17)18-2/h9H,3-8,13H2,1-2H3. The van der Waals surface area contributed by atoms with Crippen molar-refractivity contribution in [1.29, 1.82) is 0 Å². The van der Waals surface area contributed by atoms with Gasteiger partial charge in [-0.2, -0.15) is 0 Å². The predicted molar refractivity (Wildman–Crippen MR) is 65.9 cm³/mol. The van der Waals surface area contributed by atoms with Gasteiger partial charge in [-0.15, -0.1) is 0 Å². The van der Waals surface area contributed by atoms with E-state index < -0.39 is 5.54 Å². The van der Waals surface area contributed by atoms with Gasteiger partial charge in [0.2, 0.25) is 5.91 Å². The summed E-state index contributed by atoms with van der Waals surface area (Å²) in [6.45, 7) is 3.92. The van der Waals surface area contributed by atoms with Crippen LogP contribution in [0.5, 0.6) is 0 Å². The Morgan fingerprint density at radius 2 is 1.67 bits per heavy atom. The molecule has 6 nitrogen and oxygen atoms in total. The van der Waals surface area contributed by atoms with Crippen molar-refractivity contribution in [3.05, 3.63) is 0 Å². The number of nitrogens with zero attached hydrogens (tertiary/aromatic N) is 2. The molecule has 0 radical (unpaired) electrons. The fraction of sp³-hybridized carbons (Fsp3) is 0.833. The second kappa shape index (κ2) is 4.76. The van der Waals surface area contributed by atoms with E-state index in [-0.39, 0.29) is 12.0 Å². The van der Waals surface area contributed by atoms with Gasteiger partial charge in [-0.05, 0) is 25.7 Å². The van der Waals surface area contributed by atoms with Crippen LogP contribution in [0.1, 0.15) is 19.8 Å². The van der Waals surface area contributed by atoms with Crippen LogP contribution in [0.2, 0.25) is 0 Å². The maximum absolute atomic E-state index is 12.3. The number of hydrogen-bond acceptors (Lipinski definition) is 4. The van der Waals surface area contributed by atoms with Gasteiger partial charge in [0, 0.05) is 26.2 Å². The molecule has 1 atom stereocenters. The monoisotopic (exact) mass is 255 g/mol. The summed E-state index contributed by atoms with van der Waals surface area (Å²) < 4.78 is 4.66. The Morgan fingerprint density at radius 3 is 2.11 bits per heavy atom. The molecule has 102 valence electrons. The van der Waals surface area contributed by atoms with E-state index >= 15 is 0 Å². The molecule has 0 aromatic rings. The minimum atomic E-state index is -0.743. The van der Waals surface area contributed by atoms with Crippen molar-refractivity contribution in [3.63, 3.8) is 0 Å². The molecule has 18 heavy (non-hydrogen) atoms. The van der Waals surface area contributed by atoms with E-state index in [4.69, 9.17) is 5.73 Å². The minimum Gasteiger partial charge on any atom is -0.453 e. The number of piperazine rings is 1. The predicted octanol–water partition coefficient (Wildman–Crippen LogP) is 0.0244. The molecule has 1 aliphatic carbocycles. The Hall–Kier alpha value is -1.30. The molecule has 2 rings (SSSR count). The molecule has 1 heterocycles. The summed E-state index contributed by atoms with van der Waals surface area (Å²) in [5.41, 5.74) is 5.38. The Morgan fingerprint density at radius 1 is 1.17 bits per heavy atom. The van der Waals surface area contributed by atoms with Crippen LogP contribution in [-0.4, -0.2) is 60.6 Å². The number of rotatable bonds is 2. The van der Waals surface area contributed by atoms with Crippen LogP contribution < -0.4 is 5.73 Å². The first-order valence-corrected chi connectivity index (χ1v) is 6.38. The first-order valence-electron chi connectivity index (χ1n) is 6.38. The van der Waals surface area contributed by atoms with Crippen molar-refractivity contribution in [1.82, 2.24) is 9.80 Å². The largest absolute Gasteiger partial charge is 0.453 e. The fourth-order valence-corrected chi connectivity index (χ4v) is 2.42. The third kappa shape index (κ3) is 2.43. The quantitative estimate of drug-likeness (QED) is 0.755. The van der Waals surface area contributed by atoms with Crippen LogP contribution in [-0.2, 0) is 9.53 Å². The van der Waals surface area contributed by atoms with Crippen LogP contribution >= 0.6 is 0 Å². The molecule has 0 spiro atoms. The zero-order chi connectivity index (χ0) is 13.3. The number of carbonyl (C=O) groups is 2. The SMILES string of the molecule is COC(=O)N1CCN(C(=O)C(C)(N)C2CC2)CC1. The van der Waals surface area contributed by atoms with Gasteiger partial charge >= 0.3 is 6.09 Å². The van der Waals surface area contributed by atoms with Crippen molar-refractivity contribution in [2.45, 2.75) is 25.3 Å². The lowest BCUT2D eigenvalue weighted by Crippen LogP contribution is -2.59. The van der Waals surface area contributed by atoms with Crippen molar-refractivity contribution in [2.75, 3.05) is 33.3 Å². The van der Waals surface area contributed by atoms with E-state index in [2.05, 4.69) is 4.74 Å². The highest BCUT2D eigenvalue weighted by Gasteiger charge is 2.46. The molecular weight excluding hydrogens is 234 g/mol.